The van der Waals surface area contributed by atoms with E-state index in [0.717, 1.165) is 24.2 Å². The number of nitrogens with zero attached hydrogens (tertiary/aromatic N) is 2. The van der Waals surface area contributed by atoms with Crippen molar-refractivity contribution in [2.24, 2.45) is 5.73 Å². The molecule has 1 aromatic heterocycles. The first-order valence-electron chi connectivity index (χ1n) is 7.18. The van der Waals surface area contributed by atoms with Crippen LogP contribution >= 0.6 is 0 Å². The number of benzene rings is 1. The fourth-order valence-corrected chi connectivity index (χ4v) is 2.07. The van der Waals surface area contributed by atoms with E-state index in [1.54, 1.807) is 7.11 Å². The van der Waals surface area contributed by atoms with Gasteiger partial charge in [-0.2, -0.15) is 4.98 Å². The van der Waals surface area contributed by atoms with Gasteiger partial charge in [0.1, 0.15) is 11.8 Å². The minimum absolute atomic E-state index is 0.359. The molecule has 1 heterocycles. The van der Waals surface area contributed by atoms with Crippen molar-refractivity contribution in [2.75, 3.05) is 7.11 Å². The molecular formula is C15H20N4O3. The van der Waals surface area contributed by atoms with Gasteiger partial charge in [0.15, 0.2) is 0 Å². The lowest BCUT2D eigenvalue weighted by molar-refractivity contribution is 0.239. The minimum atomic E-state index is -0.606. The molecule has 22 heavy (non-hydrogen) atoms. The Kier molecular flexibility index (Phi) is 5.35. The summed E-state index contributed by atoms with van der Waals surface area (Å²) in [4.78, 5) is 15.5. The fraction of sp³-hybridized carbons (Fsp3) is 0.400. The predicted molar refractivity (Wildman–Crippen MR) is 81.3 cm³/mol. The number of amides is 2. The van der Waals surface area contributed by atoms with Crippen LogP contribution in [0.25, 0.3) is 11.4 Å². The monoisotopic (exact) mass is 304 g/mol. The van der Waals surface area contributed by atoms with Crippen molar-refractivity contribution in [3.05, 3.63) is 30.2 Å². The highest BCUT2D eigenvalue weighted by molar-refractivity contribution is 5.72. The van der Waals surface area contributed by atoms with Crippen LogP contribution in [0.2, 0.25) is 0 Å². The van der Waals surface area contributed by atoms with E-state index in [4.69, 9.17) is 15.0 Å². The van der Waals surface area contributed by atoms with Crippen molar-refractivity contribution >= 4 is 6.03 Å². The van der Waals surface area contributed by atoms with Crippen LogP contribution in [-0.2, 0) is 0 Å². The quantitative estimate of drug-likeness (QED) is 0.818. The topological polar surface area (TPSA) is 103 Å². The summed E-state index contributed by atoms with van der Waals surface area (Å²) < 4.78 is 10.4. The Morgan fingerprint density at radius 1 is 1.41 bits per heavy atom. The van der Waals surface area contributed by atoms with Crippen LogP contribution in [0.4, 0.5) is 4.79 Å². The number of methoxy groups -OCH3 is 1. The van der Waals surface area contributed by atoms with Crippen LogP contribution < -0.4 is 15.8 Å². The average molecular weight is 304 g/mol. The molecule has 2 aromatic rings. The summed E-state index contributed by atoms with van der Waals surface area (Å²) in [6.45, 7) is 2.07. The number of nitrogens with two attached hydrogens (primary N) is 1. The van der Waals surface area contributed by atoms with Gasteiger partial charge in [-0.15, -0.1) is 0 Å². The number of ether oxygens (including phenoxy) is 1. The van der Waals surface area contributed by atoms with E-state index in [0.29, 0.717) is 18.1 Å². The number of rotatable bonds is 7. The highest BCUT2D eigenvalue weighted by atomic mass is 16.5. The van der Waals surface area contributed by atoms with E-state index in [1.165, 1.54) is 0 Å². The number of hydrogen-bond donors (Lipinski definition) is 2. The van der Waals surface area contributed by atoms with Gasteiger partial charge in [-0.1, -0.05) is 24.9 Å². The predicted octanol–water partition coefficient (Wildman–Crippen LogP) is 2.64. The molecule has 2 rings (SSSR count). The van der Waals surface area contributed by atoms with Crippen molar-refractivity contribution in [2.45, 2.75) is 32.2 Å². The lowest BCUT2D eigenvalue weighted by Gasteiger charge is -2.12. The summed E-state index contributed by atoms with van der Waals surface area (Å²) in [6, 6.07) is 6.36. The second-order valence-electron chi connectivity index (χ2n) is 4.89. The fourth-order valence-electron chi connectivity index (χ4n) is 2.07. The van der Waals surface area contributed by atoms with Crippen LogP contribution in [0.3, 0.4) is 0 Å². The second kappa shape index (κ2) is 7.44. The van der Waals surface area contributed by atoms with Crippen molar-refractivity contribution in [3.8, 4) is 17.1 Å². The molecule has 0 fully saturated rings. The number of nitrogens with one attached hydrogen (secondary N) is 1. The Labute approximate surface area is 128 Å². The number of primary amides is 1. The molecule has 118 valence electrons. The standard InChI is InChI=1S/C15H20N4O3/c1-3-4-5-12(17-15(16)20)14-18-13(19-22-14)10-6-8-11(21-2)9-7-10/h6-9,12H,3-5H2,1-2H3,(H3,16,17,20)/t12-/m0/s1. The molecule has 7 heteroatoms. The SMILES string of the molecule is CCCC[C@H](NC(N)=O)c1nc(-c2ccc(OC)cc2)no1. The molecule has 2 amide bonds. The summed E-state index contributed by atoms with van der Waals surface area (Å²) in [5, 5.41) is 6.60. The molecule has 0 aliphatic rings. The first kappa shape index (κ1) is 15.8. The van der Waals surface area contributed by atoms with Gasteiger partial charge in [0.05, 0.1) is 7.11 Å². The van der Waals surface area contributed by atoms with Gasteiger partial charge in [-0.3, -0.25) is 0 Å². The Morgan fingerprint density at radius 3 is 2.73 bits per heavy atom. The van der Waals surface area contributed by atoms with Gasteiger partial charge in [0.2, 0.25) is 11.7 Å². The third-order valence-electron chi connectivity index (χ3n) is 3.25. The molecule has 0 saturated heterocycles. The number of aromatic nitrogens is 2. The first-order chi connectivity index (χ1) is 10.6. The lowest BCUT2D eigenvalue weighted by Crippen LogP contribution is -2.33. The van der Waals surface area contributed by atoms with Crippen LogP contribution in [0, 0.1) is 0 Å². The van der Waals surface area contributed by atoms with Gasteiger partial charge in [0.25, 0.3) is 0 Å². The van der Waals surface area contributed by atoms with Crippen molar-refractivity contribution in [3.63, 3.8) is 0 Å². The Morgan fingerprint density at radius 2 is 2.14 bits per heavy atom. The van der Waals surface area contributed by atoms with Gasteiger partial charge in [0, 0.05) is 5.56 Å². The molecule has 0 spiro atoms. The summed E-state index contributed by atoms with van der Waals surface area (Å²) >= 11 is 0. The number of carbonyl (C=O) groups is 1. The molecule has 7 nitrogen and oxygen atoms in total. The number of hydrogen-bond acceptors (Lipinski definition) is 5. The van der Waals surface area contributed by atoms with Gasteiger partial charge >= 0.3 is 6.03 Å². The molecule has 3 N–H and O–H groups in total. The van der Waals surface area contributed by atoms with Crippen LogP contribution in [0.1, 0.15) is 38.1 Å². The van der Waals surface area contributed by atoms with E-state index in [-0.39, 0.29) is 6.04 Å². The van der Waals surface area contributed by atoms with E-state index in [9.17, 15) is 4.79 Å². The molecule has 1 atom stereocenters. The molecule has 0 aliphatic heterocycles. The second-order valence-corrected chi connectivity index (χ2v) is 4.89. The Balaban J connectivity index is 2.17. The molecular weight excluding hydrogens is 284 g/mol. The zero-order valence-corrected chi connectivity index (χ0v) is 12.7. The third-order valence-corrected chi connectivity index (χ3v) is 3.25. The largest absolute Gasteiger partial charge is 0.497 e. The number of unbranched alkanes of at least 4 members (excludes halogenated alkanes) is 1. The summed E-state index contributed by atoms with van der Waals surface area (Å²) in [5.74, 6) is 1.58. The van der Waals surface area contributed by atoms with E-state index in [1.807, 2.05) is 24.3 Å². The highest BCUT2D eigenvalue weighted by Gasteiger charge is 2.20. The maximum absolute atomic E-state index is 11.1. The lowest BCUT2D eigenvalue weighted by atomic mass is 10.1. The van der Waals surface area contributed by atoms with Gasteiger partial charge in [-0.25, -0.2) is 4.79 Å². The van der Waals surface area contributed by atoms with Crippen molar-refractivity contribution in [1.29, 1.82) is 0 Å². The minimum Gasteiger partial charge on any atom is -0.497 e. The number of urea groups is 1. The number of carbonyl (C=O) groups excluding carboxylic acids is 1. The van der Waals surface area contributed by atoms with Gasteiger partial charge < -0.3 is 20.3 Å². The Bertz CT molecular complexity index is 610. The van der Waals surface area contributed by atoms with Crippen LogP contribution in [-0.4, -0.2) is 23.3 Å². The van der Waals surface area contributed by atoms with Gasteiger partial charge in [-0.05, 0) is 30.7 Å². The normalized spacial score (nSPS) is 11.9. The zero-order valence-electron chi connectivity index (χ0n) is 12.7. The van der Waals surface area contributed by atoms with Crippen molar-refractivity contribution < 1.29 is 14.1 Å². The van der Waals surface area contributed by atoms with E-state index >= 15 is 0 Å². The summed E-state index contributed by atoms with van der Waals surface area (Å²) in [6.07, 6.45) is 2.62. The maximum Gasteiger partial charge on any atom is 0.312 e. The molecule has 0 aliphatic carbocycles. The highest BCUT2D eigenvalue weighted by Crippen LogP contribution is 2.23. The first-order valence-corrected chi connectivity index (χ1v) is 7.18. The molecule has 0 saturated carbocycles. The summed E-state index contributed by atoms with van der Waals surface area (Å²) in [5.41, 5.74) is 6.01. The average Bonchev–Trinajstić information content (AvgIpc) is 3.01. The van der Waals surface area contributed by atoms with Crippen molar-refractivity contribution in [1.82, 2.24) is 15.5 Å². The molecule has 0 bridgehead atoms. The zero-order chi connectivity index (χ0) is 15.9. The third kappa shape index (κ3) is 3.97. The summed E-state index contributed by atoms with van der Waals surface area (Å²) in [7, 11) is 1.61. The van der Waals surface area contributed by atoms with Crippen LogP contribution in [0.5, 0.6) is 5.75 Å². The van der Waals surface area contributed by atoms with Crippen LogP contribution in [0.15, 0.2) is 28.8 Å². The molecule has 1 aromatic carbocycles. The Hall–Kier alpha value is -2.57. The molecule has 0 unspecified atom stereocenters. The molecule has 0 radical (unpaired) electrons. The smallest absolute Gasteiger partial charge is 0.312 e. The van der Waals surface area contributed by atoms with E-state index in [2.05, 4.69) is 22.4 Å². The van der Waals surface area contributed by atoms with E-state index < -0.39 is 6.03 Å². The maximum atomic E-state index is 11.1.